The van der Waals surface area contributed by atoms with Gasteiger partial charge in [-0.05, 0) is 59.6 Å². The summed E-state index contributed by atoms with van der Waals surface area (Å²) in [6.07, 6.45) is 0. The maximum atomic E-state index is 13.5. The average molecular weight is 591 g/mol. The fourth-order valence-corrected chi connectivity index (χ4v) is 5.91. The van der Waals surface area contributed by atoms with E-state index in [1.807, 2.05) is 49.3 Å². The van der Waals surface area contributed by atoms with Crippen LogP contribution in [0.25, 0.3) is 10.8 Å². The predicted molar refractivity (Wildman–Crippen MR) is 171 cm³/mol. The molecule has 41 heavy (non-hydrogen) atoms. The summed E-state index contributed by atoms with van der Waals surface area (Å²) >= 11 is 5.34. The van der Waals surface area contributed by atoms with Gasteiger partial charge in [0.2, 0.25) is 0 Å². The highest BCUT2D eigenvalue weighted by Crippen LogP contribution is 2.34. The zero-order valence-electron chi connectivity index (χ0n) is 23.9. The molecule has 0 aliphatic heterocycles. The van der Waals surface area contributed by atoms with E-state index in [1.165, 1.54) is 7.11 Å². The lowest BCUT2D eigenvalue weighted by Crippen LogP contribution is -2.34. The van der Waals surface area contributed by atoms with Gasteiger partial charge in [-0.3, -0.25) is 14.8 Å². The van der Waals surface area contributed by atoms with Gasteiger partial charge in [-0.15, -0.1) is 0 Å². The summed E-state index contributed by atoms with van der Waals surface area (Å²) in [6, 6.07) is 23.0. The molecule has 0 aliphatic carbocycles. The first-order valence-corrected chi connectivity index (χ1v) is 14.8. The number of carbonyl (C=O) groups is 1. The second-order valence-corrected chi connectivity index (χ2v) is 12.8. The van der Waals surface area contributed by atoms with Crippen LogP contribution in [0.1, 0.15) is 36.7 Å². The van der Waals surface area contributed by atoms with E-state index in [2.05, 4.69) is 36.1 Å². The van der Waals surface area contributed by atoms with Crippen molar-refractivity contribution < 1.29 is 17.9 Å². The van der Waals surface area contributed by atoms with Crippen LogP contribution in [0.5, 0.6) is 5.75 Å². The largest absolute Gasteiger partial charge is 0.494 e. The smallest absolute Gasteiger partial charge is 0.262 e. The van der Waals surface area contributed by atoms with Crippen LogP contribution in [0.3, 0.4) is 0 Å². The molecule has 4 aromatic carbocycles. The van der Waals surface area contributed by atoms with Crippen LogP contribution in [0, 0.1) is 0 Å². The number of thiocarbonyl (C=S) groups is 1. The van der Waals surface area contributed by atoms with Gasteiger partial charge < -0.3 is 15.0 Å². The number of anilines is 3. The molecule has 0 fully saturated rings. The number of nitrogens with zero attached hydrogens (tertiary/aromatic N) is 1. The summed E-state index contributed by atoms with van der Waals surface area (Å²) in [5.41, 5.74) is 3.27. The van der Waals surface area contributed by atoms with Gasteiger partial charge in [-0.1, -0.05) is 57.2 Å². The number of benzene rings is 4. The third-order valence-corrected chi connectivity index (χ3v) is 8.20. The van der Waals surface area contributed by atoms with Crippen molar-refractivity contribution in [3.63, 3.8) is 0 Å². The third kappa shape index (κ3) is 6.78. The standard InChI is InChI=1S/C31H34N4O4S2/c1-31(2,3)21-15-13-20(14-16-21)29(36)33-30(40)32-22-17-18-25(27(19-22)39-6)34-41(37,38)28-12-8-9-23-24(28)10-7-11-26(23)35(4)5/h7-19,34H,1-6H3,(H2,32,33,36,40). The lowest BCUT2D eigenvalue weighted by atomic mass is 9.87. The first kappa shape index (κ1) is 29.8. The van der Waals surface area contributed by atoms with Crippen LogP contribution in [0.4, 0.5) is 17.1 Å². The maximum Gasteiger partial charge on any atom is 0.262 e. The van der Waals surface area contributed by atoms with Gasteiger partial charge in [0.1, 0.15) is 5.75 Å². The molecule has 0 heterocycles. The summed E-state index contributed by atoms with van der Waals surface area (Å²) in [7, 11) is 1.31. The van der Waals surface area contributed by atoms with Crippen molar-refractivity contribution in [2.45, 2.75) is 31.1 Å². The molecule has 3 N–H and O–H groups in total. The van der Waals surface area contributed by atoms with E-state index in [4.69, 9.17) is 17.0 Å². The summed E-state index contributed by atoms with van der Waals surface area (Å²) in [4.78, 5) is 14.8. The quantitative estimate of drug-likeness (QED) is 0.222. The van der Waals surface area contributed by atoms with Gasteiger partial charge in [-0.2, -0.15) is 0 Å². The van der Waals surface area contributed by atoms with Gasteiger partial charge in [0.25, 0.3) is 15.9 Å². The van der Waals surface area contributed by atoms with E-state index in [-0.39, 0.29) is 32.8 Å². The molecule has 0 aromatic heterocycles. The SMILES string of the molecule is COc1cc(NC(=S)NC(=O)c2ccc(C(C)(C)C)cc2)ccc1NS(=O)(=O)c1cccc2c(N(C)C)cccc12. The molecule has 0 saturated heterocycles. The first-order chi connectivity index (χ1) is 19.3. The normalized spacial score (nSPS) is 11.6. The van der Waals surface area contributed by atoms with E-state index in [0.717, 1.165) is 16.6 Å². The number of sulfonamides is 1. The van der Waals surface area contributed by atoms with Crippen molar-refractivity contribution in [2.24, 2.45) is 0 Å². The number of hydrogen-bond donors (Lipinski definition) is 3. The van der Waals surface area contributed by atoms with E-state index in [1.54, 1.807) is 48.5 Å². The van der Waals surface area contributed by atoms with Crippen LogP contribution >= 0.6 is 12.2 Å². The van der Waals surface area contributed by atoms with Gasteiger partial charge in [-0.25, -0.2) is 8.42 Å². The average Bonchev–Trinajstić information content (AvgIpc) is 2.92. The number of hydrogen-bond acceptors (Lipinski definition) is 6. The second kappa shape index (κ2) is 11.8. The minimum absolute atomic E-state index is 0.0181. The molecule has 0 atom stereocenters. The van der Waals surface area contributed by atoms with Crippen molar-refractivity contribution in [2.75, 3.05) is 36.1 Å². The lowest BCUT2D eigenvalue weighted by Gasteiger charge is -2.19. The molecule has 0 radical (unpaired) electrons. The van der Waals surface area contributed by atoms with E-state index >= 15 is 0 Å². The molecule has 8 nitrogen and oxygen atoms in total. The number of fused-ring (bicyclic) bond motifs is 1. The number of amides is 1. The molecule has 10 heteroatoms. The maximum absolute atomic E-state index is 13.5. The minimum Gasteiger partial charge on any atom is -0.494 e. The van der Waals surface area contributed by atoms with Gasteiger partial charge >= 0.3 is 0 Å². The molecule has 0 aliphatic rings. The molecular weight excluding hydrogens is 556 g/mol. The fourth-order valence-electron chi connectivity index (χ4n) is 4.40. The highest BCUT2D eigenvalue weighted by Gasteiger charge is 2.21. The number of carbonyl (C=O) groups excluding carboxylic acids is 1. The summed E-state index contributed by atoms with van der Waals surface area (Å²) in [5.74, 6) is -0.0634. The van der Waals surface area contributed by atoms with Gasteiger partial charge in [0.15, 0.2) is 5.11 Å². The summed E-state index contributed by atoms with van der Waals surface area (Å²) < 4.78 is 35.1. The Hall–Kier alpha value is -4.15. The number of methoxy groups -OCH3 is 1. The van der Waals surface area contributed by atoms with Crippen LogP contribution in [0.15, 0.2) is 83.8 Å². The number of rotatable bonds is 7. The van der Waals surface area contributed by atoms with Gasteiger partial charge in [0.05, 0.1) is 17.7 Å². The lowest BCUT2D eigenvalue weighted by molar-refractivity contribution is 0.0977. The minimum atomic E-state index is -3.96. The monoisotopic (exact) mass is 590 g/mol. The van der Waals surface area contributed by atoms with Crippen molar-refractivity contribution in [3.05, 3.63) is 90.0 Å². The Kier molecular flexibility index (Phi) is 8.55. The molecule has 0 saturated carbocycles. The Morgan fingerprint density at radius 2 is 1.56 bits per heavy atom. The Balaban J connectivity index is 1.50. The van der Waals surface area contributed by atoms with Crippen LogP contribution in [-0.4, -0.2) is 40.6 Å². The molecular formula is C31H34N4O4S2. The van der Waals surface area contributed by atoms with E-state index < -0.39 is 10.0 Å². The zero-order valence-corrected chi connectivity index (χ0v) is 25.5. The van der Waals surface area contributed by atoms with Crippen LogP contribution in [0.2, 0.25) is 0 Å². The van der Waals surface area contributed by atoms with Crippen LogP contribution < -0.4 is 25.0 Å². The first-order valence-electron chi connectivity index (χ1n) is 12.9. The van der Waals surface area contributed by atoms with E-state index in [0.29, 0.717) is 16.6 Å². The Labute approximate surface area is 246 Å². The van der Waals surface area contributed by atoms with Crippen LogP contribution in [-0.2, 0) is 15.4 Å². The zero-order chi connectivity index (χ0) is 29.9. The highest BCUT2D eigenvalue weighted by atomic mass is 32.2. The second-order valence-electron chi connectivity index (χ2n) is 10.8. The molecule has 4 rings (SSSR count). The molecule has 4 aromatic rings. The van der Waals surface area contributed by atoms with Crippen molar-refractivity contribution in [1.29, 1.82) is 0 Å². The Morgan fingerprint density at radius 1 is 0.902 bits per heavy atom. The fraction of sp³-hybridized carbons (Fsp3) is 0.226. The number of ether oxygens (including phenoxy) is 1. The Bertz CT molecular complexity index is 1710. The molecule has 0 bridgehead atoms. The molecule has 214 valence electrons. The number of nitrogens with one attached hydrogen (secondary N) is 3. The third-order valence-electron chi connectivity index (χ3n) is 6.57. The van der Waals surface area contributed by atoms with Crippen molar-refractivity contribution in [1.82, 2.24) is 5.32 Å². The topological polar surface area (TPSA) is 99.8 Å². The summed E-state index contributed by atoms with van der Waals surface area (Å²) in [6.45, 7) is 6.32. The predicted octanol–water partition coefficient (Wildman–Crippen LogP) is 6.14. The molecule has 1 amide bonds. The molecule has 0 spiro atoms. The van der Waals surface area contributed by atoms with E-state index in [9.17, 15) is 13.2 Å². The van der Waals surface area contributed by atoms with Crippen molar-refractivity contribution in [3.8, 4) is 5.75 Å². The Morgan fingerprint density at radius 3 is 2.20 bits per heavy atom. The summed E-state index contributed by atoms with van der Waals surface area (Å²) in [5, 5.41) is 7.15. The highest BCUT2D eigenvalue weighted by molar-refractivity contribution is 7.93. The van der Waals surface area contributed by atoms with Crippen molar-refractivity contribution >= 4 is 61.1 Å². The molecule has 0 unspecified atom stereocenters. The van der Waals surface area contributed by atoms with Gasteiger partial charge in [0, 0.05) is 47.9 Å².